The van der Waals surface area contributed by atoms with E-state index < -0.39 is 0 Å². The van der Waals surface area contributed by atoms with E-state index in [4.69, 9.17) is 16.3 Å². The lowest BCUT2D eigenvalue weighted by atomic mass is 9.97. The number of aliphatic hydroxyl groups is 1. The van der Waals surface area contributed by atoms with Crippen LogP contribution in [-0.2, 0) is 0 Å². The molecule has 0 amide bonds. The molecule has 1 aromatic rings. The molecule has 0 spiro atoms. The molecule has 1 N–H and O–H groups in total. The van der Waals surface area contributed by atoms with E-state index >= 15 is 0 Å². The molecule has 1 aliphatic rings. The van der Waals surface area contributed by atoms with Crippen molar-refractivity contribution in [3.05, 3.63) is 23.2 Å². The second-order valence-electron chi connectivity index (χ2n) is 5.49. The topological polar surface area (TPSA) is 32.7 Å². The summed E-state index contributed by atoms with van der Waals surface area (Å²) in [4.78, 5) is 2.28. The normalized spacial score (nSPS) is 22.3. The van der Waals surface area contributed by atoms with Gasteiger partial charge in [-0.3, -0.25) is 0 Å². The van der Waals surface area contributed by atoms with Crippen molar-refractivity contribution in [1.82, 2.24) is 0 Å². The maximum atomic E-state index is 9.36. The zero-order valence-corrected chi connectivity index (χ0v) is 11.9. The first kappa shape index (κ1) is 13.5. The Morgan fingerprint density at radius 1 is 1.50 bits per heavy atom. The summed E-state index contributed by atoms with van der Waals surface area (Å²) in [6, 6.07) is 5.65. The summed E-state index contributed by atoms with van der Waals surface area (Å²) < 4.78 is 5.41. The minimum Gasteiger partial charge on any atom is -0.495 e. The first-order valence-electron chi connectivity index (χ1n) is 6.20. The van der Waals surface area contributed by atoms with Crippen LogP contribution in [-0.4, -0.2) is 30.9 Å². The Hall–Kier alpha value is -0.930. The highest BCUT2D eigenvalue weighted by molar-refractivity contribution is 6.30. The highest BCUT2D eigenvalue weighted by atomic mass is 35.5. The number of rotatable bonds is 3. The Morgan fingerprint density at radius 3 is 2.78 bits per heavy atom. The molecule has 1 saturated heterocycles. The molecule has 0 saturated carbocycles. The summed E-state index contributed by atoms with van der Waals surface area (Å²) in [5.41, 5.74) is 1.01. The summed E-state index contributed by atoms with van der Waals surface area (Å²) in [5.74, 6) is 1.13. The van der Waals surface area contributed by atoms with Crippen molar-refractivity contribution in [3.8, 4) is 5.75 Å². The molecule has 1 aromatic carbocycles. The molecular weight excluding hydrogens is 250 g/mol. The van der Waals surface area contributed by atoms with Crippen molar-refractivity contribution < 1.29 is 9.84 Å². The van der Waals surface area contributed by atoms with Gasteiger partial charge in [0.15, 0.2) is 0 Å². The number of ether oxygens (including phenoxy) is 1. The summed E-state index contributed by atoms with van der Waals surface area (Å²) in [6.07, 6.45) is 0.971. The largest absolute Gasteiger partial charge is 0.495 e. The number of hydrogen-bond donors (Lipinski definition) is 1. The van der Waals surface area contributed by atoms with Gasteiger partial charge in [-0.1, -0.05) is 11.6 Å². The number of benzene rings is 1. The van der Waals surface area contributed by atoms with Crippen LogP contribution >= 0.6 is 11.6 Å². The van der Waals surface area contributed by atoms with Crippen LogP contribution < -0.4 is 9.64 Å². The second kappa shape index (κ2) is 4.98. The fourth-order valence-corrected chi connectivity index (χ4v) is 2.97. The van der Waals surface area contributed by atoms with Crippen LogP contribution in [0.5, 0.6) is 5.75 Å². The third-order valence-corrected chi connectivity index (χ3v) is 3.88. The fourth-order valence-electron chi connectivity index (χ4n) is 2.81. The van der Waals surface area contributed by atoms with Crippen LogP contribution in [0.15, 0.2) is 18.2 Å². The highest BCUT2D eigenvalue weighted by Crippen LogP contribution is 2.41. The molecule has 4 heteroatoms. The molecule has 2 rings (SSSR count). The SMILES string of the molecule is COc1ccc(Cl)cc1N1CC(CO)CC1(C)C. The molecule has 18 heavy (non-hydrogen) atoms. The lowest BCUT2D eigenvalue weighted by Crippen LogP contribution is -2.38. The van der Waals surface area contributed by atoms with Gasteiger partial charge in [0.05, 0.1) is 12.8 Å². The van der Waals surface area contributed by atoms with Crippen molar-refractivity contribution in [2.45, 2.75) is 25.8 Å². The average Bonchev–Trinajstić information content (AvgIpc) is 2.64. The third kappa shape index (κ3) is 2.43. The van der Waals surface area contributed by atoms with Crippen LogP contribution in [0.2, 0.25) is 5.02 Å². The van der Waals surface area contributed by atoms with Gasteiger partial charge < -0.3 is 14.7 Å². The van der Waals surface area contributed by atoms with Crippen molar-refractivity contribution in [2.75, 3.05) is 25.2 Å². The molecular formula is C14H20ClNO2. The zero-order valence-electron chi connectivity index (χ0n) is 11.1. The zero-order chi connectivity index (χ0) is 13.3. The average molecular weight is 270 g/mol. The minimum atomic E-state index is 0.00532. The molecule has 0 bridgehead atoms. The van der Waals surface area contributed by atoms with E-state index in [1.807, 2.05) is 18.2 Å². The van der Waals surface area contributed by atoms with Crippen LogP contribution in [0.1, 0.15) is 20.3 Å². The highest BCUT2D eigenvalue weighted by Gasteiger charge is 2.39. The first-order valence-corrected chi connectivity index (χ1v) is 6.58. The summed E-state index contributed by atoms with van der Waals surface area (Å²) in [6.45, 7) is 5.43. The molecule has 1 atom stereocenters. The van der Waals surface area contributed by atoms with Gasteiger partial charge in [0.2, 0.25) is 0 Å². The lowest BCUT2D eigenvalue weighted by Gasteiger charge is -2.34. The molecule has 0 aromatic heterocycles. The molecule has 3 nitrogen and oxygen atoms in total. The van der Waals surface area contributed by atoms with Crippen LogP contribution in [0.4, 0.5) is 5.69 Å². The number of anilines is 1. The first-order chi connectivity index (χ1) is 8.47. The minimum absolute atomic E-state index is 0.00532. The van der Waals surface area contributed by atoms with E-state index in [0.717, 1.165) is 24.4 Å². The van der Waals surface area contributed by atoms with Crippen LogP contribution in [0.25, 0.3) is 0 Å². The quantitative estimate of drug-likeness (QED) is 0.916. The summed E-state index contributed by atoms with van der Waals surface area (Å²) in [5, 5.41) is 10.1. The number of nitrogens with zero attached hydrogens (tertiary/aromatic N) is 1. The second-order valence-corrected chi connectivity index (χ2v) is 5.93. The van der Waals surface area contributed by atoms with Gasteiger partial charge in [0, 0.05) is 29.6 Å². The van der Waals surface area contributed by atoms with Crippen molar-refractivity contribution in [2.24, 2.45) is 5.92 Å². The molecule has 1 unspecified atom stereocenters. The Kier molecular flexibility index (Phi) is 3.74. The third-order valence-electron chi connectivity index (χ3n) is 3.65. The number of halogens is 1. The van der Waals surface area contributed by atoms with Gasteiger partial charge in [-0.2, -0.15) is 0 Å². The molecule has 1 fully saturated rings. The molecule has 1 heterocycles. The number of aliphatic hydroxyl groups excluding tert-OH is 1. The van der Waals surface area contributed by atoms with Gasteiger partial charge in [-0.15, -0.1) is 0 Å². The summed E-state index contributed by atoms with van der Waals surface area (Å²) >= 11 is 6.08. The van der Waals surface area contributed by atoms with Crippen LogP contribution in [0.3, 0.4) is 0 Å². The number of methoxy groups -OCH3 is 1. The predicted octanol–water partition coefficient (Wildman–Crippen LogP) is 2.95. The molecule has 0 aliphatic carbocycles. The monoisotopic (exact) mass is 269 g/mol. The van der Waals surface area contributed by atoms with E-state index in [2.05, 4.69) is 18.7 Å². The van der Waals surface area contributed by atoms with Crippen molar-refractivity contribution in [1.29, 1.82) is 0 Å². The van der Waals surface area contributed by atoms with Gasteiger partial charge in [0.25, 0.3) is 0 Å². The Labute approximate surface area is 113 Å². The van der Waals surface area contributed by atoms with E-state index in [1.165, 1.54) is 0 Å². The maximum Gasteiger partial charge on any atom is 0.142 e. The van der Waals surface area contributed by atoms with Gasteiger partial charge in [-0.25, -0.2) is 0 Å². The molecule has 0 radical (unpaired) electrons. The predicted molar refractivity (Wildman–Crippen MR) is 74.6 cm³/mol. The van der Waals surface area contributed by atoms with Gasteiger partial charge in [0.1, 0.15) is 5.75 Å². The summed E-state index contributed by atoms with van der Waals surface area (Å²) in [7, 11) is 1.67. The lowest BCUT2D eigenvalue weighted by molar-refractivity contribution is 0.232. The Balaban J connectivity index is 2.39. The Morgan fingerprint density at radius 2 is 2.22 bits per heavy atom. The molecule has 100 valence electrons. The van der Waals surface area contributed by atoms with Gasteiger partial charge >= 0.3 is 0 Å². The Bertz CT molecular complexity index is 434. The standard InChI is InChI=1S/C14H20ClNO2/c1-14(2)7-10(9-17)8-16(14)12-6-11(15)4-5-13(12)18-3/h4-6,10,17H,7-9H2,1-3H3. The van der Waals surface area contributed by atoms with E-state index in [-0.39, 0.29) is 12.1 Å². The van der Waals surface area contributed by atoms with Crippen LogP contribution in [0, 0.1) is 5.92 Å². The van der Waals surface area contributed by atoms with E-state index in [0.29, 0.717) is 10.9 Å². The van der Waals surface area contributed by atoms with E-state index in [1.54, 1.807) is 7.11 Å². The van der Waals surface area contributed by atoms with Crippen molar-refractivity contribution >= 4 is 17.3 Å². The maximum absolute atomic E-state index is 9.36. The van der Waals surface area contributed by atoms with Gasteiger partial charge in [-0.05, 0) is 38.5 Å². The molecule has 1 aliphatic heterocycles. The van der Waals surface area contributed by atoms with Crippen molar-refractivity contribution in [3.63, 3.8) is 0 Å². The fraction of sp³-hybridized carbons (Fsp3) is 0.571. The smallest absolute Gasteiger partial charge is 0.142 e. The van der Waals surface area contributed by atoms with E-state index in [9.17, 15) is 5.11 Å². The number of hydrogen-bond acceptors (Lipinski definition) is 3.